The Labute approximate surface area is 163 Å². The summed E-state index contributed by atoms with van der Waals surface area (Å²) in [7, 11) is 1.78. The molecule has 1 aliphatic rings. The minimum Gasteiger partial charge on any atom is -0.379 e. The zero-order chi connectivity index (χ0) is 19.9. The topological polar surface area (TPSA) is 87.8 Å². The molecule has 0 amide bonds. The molecule has 0 bridgehead atoms. The Morgan fingerprint density at radius 3 is 2.48 bits per heavy atom. The number of nitrogens with zero attached hydrogens (tertiary/aromatic N) is 4. The molecule has 0 saturated carbocycles. The summed E-state index contributed by atoms with van der Waals surface area (Å²) in [5.41, 5.74) is -0.145. The highest BCUT2D eigenvalue weighted by molar-refractivity contribution is 5.79. The lowest BCUT2D eigenvalue weighted by Crippen LogP contribution is -2.51. The Bertz CT molecular complexity index is 587. The fourth-order valence-corrected chi connectivity index (χ4v) is 3.08. The molecule has 0 radical (unpaired) electrons. The number of rotatable bonds is 7. The molecule has 2 N–H and O–H groups in total. The summed E-state index contributed by atoms with van der Waals surface area (Å²) in [5.74, 6) is 2.67. The van der Waals surface area contributed by atoms with Crippen molar-refractivity contribution in [2.75, 3.05) is 39.9 Å². The van der Waals surface area contributed by atoms with Crippen LogP contribution in [0.15, 0.2) is 9.52 Å². The predicted molar refractivity (Wildman–Crippen MR) is 107 cm³/mol. The highest BCUT2D eigenvalue weighted by atomic mass is 16.5. The first kappa shape index (κ1) is 21.6. The number of ether oxygens (including phenoxy) is 1. The lowest BCUT2D eigenvalue weighted by Gasteiger charge is -2.35. The van der Waals surface area contributed by atoms with Crippen molar-refractivity contribution < 1.29 is 9.26 Å². The van der Waals surface area contributed by atoms with Crippen LogP contribution in [0.25, 0.3) is 0 Å². The van der Waals surface area contributed by atoms with E-state index in [0.717, 1.165) is 45.2 Å². The second-order valence-electron chi connectivity index (χ2n) is 8.50. The van der Waals surface area contributed by atoms with Crippen molar-refractivity contribution in [1.29, 1.82) is 0 Å². The summed E-state index contributed by atoms with van der Waals surface area (Å²) >= 11 is 0. The third-order valence-electron chi connectivity index (χ3n) is 4.56. The zero-order valence-electron chi connectivity index (χ0n) is 17.7. The summed E-state index contributed by atoms with van der Waals surface area (Å²) < 4.78 is 10.8. The predicted octanol–water partition coefficient (Wildman–Crippen LogP) is 1.78. The molecule has 0 spiro atoms. The second-order valence-corrected chi connectivity index (χ2v) is 8.50. The van der Waals surface area contributed by atoms with Gasteiger partial charge in [-0.2, -0.15) is 4.98 Å². The van der Waals surface area contributed by atoms with Gasteiger partial charge in [0.25, 0.3) is 0 Å². The van der Waals surface area contributed by atoms with E-state index in [1.165, 1.54) is 0 Å². The van der Waals surface area contributed by atoms with Crippen molar-refractivity contribution >= 4 is 5.96 Å². The van der Waals surface area contributed by atoms with Crippen molar-refractivity contribution in [1.82, 2.24) is 25.7 Å². The minimum atomic E-state index is -0.145. The highest BCUT2D eigenvalue weighted by Gasteiger charge is 2.23. The minimum absolute atomic E-state index is 0.145. The molecule has 154 valence electrons. The molecule has 2 rings (SSSR count). The summed E-state index contributed by atoms with van der Waals surface area (Å²) in [6, 6.07) is 0.463. The molecule has 27 heavy (non-hydrogen) atoms. The molecule has 1 aromatic heterocycles. The van der Waals surface area contributed by atoms with Gasteiger partial charge in [-0.25, -0.2) is 0 Å². The maximum Gasteiger partial charge on any atom is 0.232 e. The van der Waals surface area contributed by atoms with Crippen LogP contribution < -0.4 is 10.6 Å². The summed E-state index contributed by atoms with van der Waals surface area (Å²) in [4.78, 5) is 11.3. The van der Waals surface area contributed by atoms with Crippen LogP contribution in [0.4, 0.5) is 0 Å². The first-order valence-electron chi connectivity index (χ1n) is 9.89. The lowest BCUT2D eigenvalue weighted by atomic mass is 9.97. The van der Waals surface area contributed by atoms with Crippen molar-refractivity contribution in [3.8, 4) is 0 Å². The third kappa shape index (κ3) is 7.10. The molecule has 1 unspecified atom stereocenters. The van der Waals surface area contributed by atoms with Crippen molar-refractivity contribution in [2.45, 2.75) is 59.0 Å². The van der Waals surface area contributed by atoms with Gasteiger partial charge in [0, 0.05) is 38.1 Å². The van der Waals surface area contributed by atoms with Crippen LogP contribution >= 0.6 is 0 Å². The van der Waals surface area contributed by atoms with Crippen LogP contribution in [0.5, 0.6) is 0 Å². The molecule has 8 heteroatoms. The molecule has 2 heterocycles. The van der Waals surface area contributed by atoms with E-state index in [4.69, 9.17) is 9.26 Å². The summed E-state index contributed by atoms with van der Waals surface area (Å²) in [5, 5.41) is 10.8. The first-order chi connectivity index (χ1) is 12.8. The van der Waals surface area contributed by atoms with Gasteiger partial charge in [0.1, 0.15) is 0 Å². The Kier molecular flexibility index (Phi) is 8.04. The number of aromatic nitrogens is 2. The van der Waals surface area contributed by atoms with E-state index >= 15 is 0 Å². The van der Waals surface area contributed by atoms with Crippen molar-refractivity contribution in [2.24, 2.45) is 10.9 Å². The average molecular weight is 381 g/mol. The number of guanidine groups is 1. The van der Waals surface area contributed by atoms with Crippen molar-refractivity contribution in [3.63, 3.8) is 0 Å². The molecule has 1 aromatic rings. The Balaban J connectivity index is 1.86. The number of morpholine rings is 1. The van der Waals surface area contributed by atoms with Crippen LogP contribution in [0, 0.1) is 5.92 Å². The maximum atomic E-state index is 5.49. The van der Waals surface area contributed by atoms with E-state index < -0.39 is 0 Å². The maximum absolute atomic E-state index is 5.49. The van der Waals surface area contributed by atoms with Crippen LogP contribution in [-0.4, -0.2) is 66.9 Å². The molecule has 1 atom stereocenters. The van der Waals surface area contributed by atoms with E-state index in [2.05, 4.69) is 65.3 Å². The molecular weight excluding hydrogens is 344 g/mol. The third-order valence-corrected chi connectivity index (χ3v) is 4.56. The van der Waals surface area contributed by atoms with Gasteiger partial charge >= 0.3 is 0 Å². The van der Waals surface area contributed by atoms with E-state index in [-0.39, 0.29) is 5.41 Å². The Morgan fingerprint density at radius 1 is 1.22 bits per heavy atom. The summed E-state index contributed by atoms with van der Waals surface area (Å²) in [6.07, 6.45) is 1.14. The molecule has 0 aromatic carbocycles. The monoisotopic (exact) mass is 380 g/mol. The van der Waals surface area contributed by atoms with Crippen LogP contribution in [0.1, 0.15) is 52.8 Å². The van der Waals surface area contributed by atoms with Gasteiger partial charge in [-0.1, -0.05) is 39.8 Å². The van der Waals surface area contributed by atoms with Gasteiger partial charge < -0.3 is 19.9 Å². The number of hydrogen-bond donors (Lipinski definition) is 2. The first-order valence-corrected chi connectivity index (χ1v) is 9.89. The van der Waals surface area contributed by atoms with Gasteiger partial charge in [0.15, 0.2) is 11.8 Å². The van der Waals surface area contributed by atoms with Crippen LogP contribution in [-0.2, 0) is 16.7 Å². The number of aliphatic imine (C=N–C) groups is 1. The molecule has 1 aliphatic heterocycles. The van der Waals surface area contributed by atoms with Gasteiger partial charge in [-0.05, 0) is 12.3 Å². The quantitative estimate of drug-likeness (QED) is 0.551. The van der Waals surface area contributed by atoms with Crippen LogP contribution in [0.2, 0.25) is 0 Å². The fraction of sp³-hybridized carbons (Fsp3) is 0.842. The van der Waals surface area contributed by atoms with Gasteiger partial charge in [-0.3, -0.25) is 9.89 Å². The van der Waals surface area contributed by atoms with Crippen LogP contribution in [0.3, 0.4) is 0 Å². The number of hydrogen-bond acceptors (Lipinski definition) is 6. The van der Waals surface area contributed by atoms with Gasteiger partial charge in [0.05, 0.1) is 19.8 Å². The Hall–Kier alpha value is -1.67. The van der Waals surface area contributed by atoms with Crippen molar-refractivity contribution in [3.05, 3.63) is 11.7 Å². The molecule has 0 aliphatic carbocycles. The fourth-order valence-electron chi connectivity index (χ4n) is 3.08. The number of nitrogens with one attached hydrogen (secondary N) is 2. The molecule has 8 nitrogen and oxygen atoms in total. The molecule has 1 fully saturated rings. The molecular formula is C19H36N6O2. The lowest BCUT2D eigenvalue weighted by molar-refractivity contribution is 0.0132. The highest BCUT2D eigenvalue weighted by Crippen LogP contribution is 2.19. The second kappa shape index (κ2) is 10.0. The van der Waals surface area contributed by atoms with E-state index in [9.17, 15) is 0 Å². The van der Waals surface area contributed by atoms with E-state index in [1.807, 2.05) is 0 Å². The smallest absolute Gasteiger partial charge is 0.232 e. The average Bonchev–Trinajstić information content (AvgIpc) is 3.10. The zero-order valence-corrected chi connectivity index (χ0v) is 17.7. The normalized spacial score (nSPS) is 18.0. The van der Waals surface area contributed by atoms with Gasteiger partial charge in [-0.15, -0.1) is 0 Å². The largest absolute Gasteiger partial charge is 0.379 e. The Morgan fingerprint density at radius 2 is 1.93 bits per heavy atom. The standard InChI is InChI=1S/C19H36N6O2/c1-14(2)11-15(25-7-9-26-10-8-25)12-21-18(20-6)22-13-16-23-17(27-24-16)19(3,4)5/h14-15H,7-13H2,1-6H3,(H2,20,21,22). The van der Waals surface area contributed by atoms with E-state index in [1.54, 1.807) is 7.05 Å². The SMILES string of the molecule is CN=C(NCc1noc(C(C)(C)C)n1)NCC(CC(C)C)N1CCOCC1. The van der Waals surface area contributed by atoms with E-state index in [0.29, 0.717) is 30.2 Å². The molecule has 1 saturated heterocycles. The van der Waals surface area contributed by atoms with Gasteiger partial charge in [0.2, 0.25) is 5.89 Å². The summed E-state index contributed by atoms with van der Waals surface area (Å²) in [6.45, 7) is 15.6.